The highest BCUT2D eigenvalue weighted by atomic mass is 16.5. The maximum absolute atomic E-state index is 5.09. The Balaban J connectivity index is 1.79. The molecule has 5 nitrogen and oxygen atoms in total. The molecule has 0 aliphatic carbocycles. The highest BCUT2D eigenvalue weighted by Gasteiger charge is 2.19. The highest BCUT2D eigenvalue weighted by Crippen LogP contribution is 2.15. The predicted molar refractivity (Wildman–Crippen MR) is 102 cm³/mol. The van der Waals surface area contributed by atoms with Crippen LogP contribution >= 0.6 is 0 Å². The lowest BCUT2D eigenvalue weighted by Gasteiger charge is -2.37. The summed E-state index contributed by atoms with van der Waals surface area (Å²) in [6.07, 6.45) is 3.43. The molecule has 0 unspecified atom stereocenters. The zero-order valence-corrected chi connectivity index (χ0v) is 15.2. The van der Waals surface area contributed by atoms with Crippen LogP contribution in [0.4, 0.5) is 5.69 Å². The van der Waals surface area contributed by atoms with E-state index in [0.717, 1.165) is 64.7 Å². The highest BCUT2D eigenvalue weighted by molar-refractivity contribution is 5.80. The van der Waals surface area contributed by atoms with Gasteiger partial charge < -0.3 is 19.9 Å². The van der Waals surface area contributed by atoms with Crippen molar-refractivity contribution in [3.63, 3.8) is 0 Å². The number of piperazine rings is 1. The predicted octanol–water partition coefficient (Wildman–Crippen LogP) is 2.59. The Bertz CT molecular complexity index is 470. The van der Waals surface area contributed by atoms with E-state index >= 15 is 0 Å². The van der Waals surface area contributed by atoms with Crippen molar-refractivity contribution in [3.8, 4) is 0 Å². The lowest BCUT2D eigenvalue weighted by molar-refractivity contribution is 0.192. The Kier molecular flexibility index (Phi) is 8.46. The lowest BCUT2D eigenvalue weighted by Crippen LogP contribution is -2.52. The van der Waals surface area contributed by atoms with E-state index in [-0.39, 0.29) is 0 Å². The van der Waals surface area contributed by atoms with Crippen LogP contribution in [0.25, 0.3) is 0 Å². The molecule has 1 fully saturated rings. The molecule has 0 aromatic heterocycles. The minimum absolute atomic E-state index is 0.852. The largest absolute Gasteiger partial charge is 0.385 e. The van der Waals surface area contributed by atoms with Gasteiger partial charge in [-0.2, -0.15) is 0 Å². The van der Waals surface area contributed by atoms with Gasteiger partial charge in [0.25, 0.3) is 0 Å². The molecule has 134 valence electrons. The van der Waals surface area contributed by atoms with Crippen molar-refractivity contribution >= 4 is 11.6 Å². The Labute approximate surface area is 146 Å². The Hall–Kier alpha value is -1.75. The molecule has 1 heterocycles. The fourth-order valence-corrected chi connectivity index (χ4v) is 2.96. The molecule has 2 rings (SSSR count). The zero-order chi connectivity index (χ0) is 17.0. The summed E-state index contributed by atoms with van der Waals surface area (Å²) in [6, 6.07) is 10.7. The maximum Gasteiger partial charge on any atom is 0.194 e. The first-order chi connectivity index (χ1) is 11.8. The van der Waals surface area contributed by atoms with Gasteiger partial charge in [0.1, 0.15) is 0 Å². The fraction of sp³-hybridized carbons (Fsp3) is 0.632. The van der Waals surface area contributed by atoms with Gasteiger partial charge in [0, 0.05) is 58.7 Å². The van der Waals surface area contributed by atoms with Crippen LogP contribution in [0.3, 0.4) is 0 Å². The van der Waals surface area contributed by atoms with Crippen molar-refractivity contribution in [2.75, 3.05) is 57.9 Å². The number of methoxy groups -OCH3 is 1. The summed E-state index contributed by atoms with van der Waals surface area (Å²) in [5.74, 6) is 1.07. The molecule has 0 amide bonds. The number of hydrogen-bond acceptors (Lipinski definition) is 3. The Morgan fingerprint density at radius 1 is 1.08 bits per heavy atom. The summed E-state index contributed by atoms with van der Waals surface area (Å²) in [7, 11) is 1.76. The second-order valence-corrected chi connectivity index (χ2v) is 6.10. The van der Waals surface area contributed by atoms with Gasteiger partial charge in [0.15, 0.2) is 5.96 Å². The standard InChI is InChI=1S/C19H32N4O/c1-3-20-19(21-12-8-5-9-17-24-2)23-15-13-22(14-16-23)18-10-6-4-7-11-18/h4,6-7,10-11H,3,5,8-9,12-17H2,1-2H3,(H,20,21). The summed E-state index contributed by atoms with van der Waals surface area (Å²) >= 11 is 0. The third kappa shape index (κ3) is 6.04. The van der Waals surface area contributed by atoms with Crippen molar-refractivity contribution < 1.29 is 4.74 Å². The molecule has 1 aliphatic rings. The smallest absolute Gasteiger partial charge is 0.194 e. The maximum atomic E-state index is 5.09. The van der Waals surface area contributed by atoms with Crippen molar-refractivity contribution in [3.05, 3.63) is 30.3 Å². The fourth-order valence-electron chi connectivity index (χ4n) is 2.96. The average Bonchev–Trinajstić information content (AvgIpc) is 2.64. The van der Waals surface area contributed by atoms with Crippen LogP contribution in [0.5, 0.6) is 0 Å². The van der Waals surface area contributed by atoms with Crippen molar-refractivity contribution in [1.29, 1.82) is 0 Å². The summed E-state index contributed by atoms with van der Waals surface area (Å²) in [4.78, 5) is 9.64. The van der Waals surface area contributed by atoms with Crippen LogP contribution in [0.1, 0.15) is 26.2 Å². The molecule has 0 atom stereocenters. The third-order valence-corrected chi connectivity index (χ3v) is 4.30. The van der Waals surface area contributed by atoms with Crippen LogP contribution in [0, 0.1) is 0 Å². The van der Waals surface area contributed by atoms with Gasteiger partial charge in [0.05, 0.1) is 0 Å². The van der Waals surface area contributed by atoms with Gasteiger partial charge in [-0.1, -0.05) is 18.2 Å². The van der Waals surface area contributed by atoms with Gasteiger partial charge in [-0.3, -0.25) is 4.99 Å². The molecular formula is C19H32N4O. The monoisotopic (exact) mass is 332 g/mol. The number of aliphatic imine (C=N–C) groups is 1. The van der Waals surface area contributed by atoms with E-state index in [2.05, 4.69) is 52.4 Å². The van der Waals surface area contributed by atoms with E-state index in [1.54, 1.807) is 7.11 Å². The minimum atomic E-state index is 0.852. The molecule has 1 aromatic carbocycles. The van der Waals surface area contributed by atoms with Gasteiger partial charge in [-0.25, -0.2) is 0 Å². The van der Waals surface area contributed by atoms with Crippen molar-refractivity contribution in [1.82, 2.24) is 10.2 Å². The van der Waals surface area contributed by atoms with E-state index in [4.69, 9.17) is 9.73 Å². The SMILES string of the molecule is CCNC(=NCCCCCOC)N1CCN(c2ccccc2)CC1. The molecular weight excluding hydrogens is 300 g/mol. The first-order valence-corrected chi connectivity index (χ1v) is 9.17. The Morgan fingerprint density at radius 2 is 1.83 bits per heavy atom. The number of benzene rings is 1. The molecule has 5 heteroatoms. The molecule has 1 saturated heterocycles. The van der Waals surface area contributed by atoms with Gasteiger partial charge in [-0.15, -0.1) is 0 Å². The van der Waals surface area contributed by atoms with Gasteiger partial charge in [0.2, 0.25) is 0 Å². The van der Waals surface area contributed by atoms with E-state index in [1.807, 2.05) is 0 Å². The third-order valence-electron chi connectivity index (χ3n) is 4.30. The van der Waals surface area contributed by atoms with Crippen LogP contribution in [-0.4, -0.2) is 63.8 Å². The number of ether oxygens (including phenoxy) is 1. The molecule has 0 spiro atoms. The normalized spacial score (nSPS) is 15.7. The van der Waals surface area contributed by atoms with Gasteiger partial charge >= 0.3 is 0 Å². The second-order valence-electron chi connectivity index (χ2n) is 6.10. The quantitative estimate of drug-likeness (QED) is 0.451. The Morgan fingerprint density at radius 3 is 2.50 bits per heavy atom. The molecule has 24 heavy (non-hydrogen) atoms. The second kappa shape index (κ2) is 10.9. The number of unbranched alkanes of at least 4 members (excludes halogenated alkanes) is 2. The van der Waals surface area contributed by atoms with Crippen LogP contribution < -0.4 is 10.2 Å². The van der Waals surface area contributed by atoms with Crippen LogP contribution in [-0.2, 0) is 4.74 Å². The number of rotatable bonds is 8. The van der Waals surface area contributed by atoms with E-state index in [9.17, 15) is 0 Å². The topological polar surface area (TPSA) is 40.1 Å². The molecule has 0 radical (unpaired) electrons. The number of para-hydroxylation sites is 1. The number of anilines is 1. The molecule has 0 bridgehead atoms. The first kappa shape index (κ1) is 18.6. The van der Waals surface area contributed by atoms with Crippen molar-refractivity contribution in [2.45, 2.75) is 26.2 Å². The lowest BCUT2D eigenvalue weighted by atomic mass is 10.2. The molecule has 1 aliphatic heterocycles. The van der Waals surface area contributed by atoms with Gasteiger partial charge in [-0.05, 0) is 38.3 Å². The number of hydrogen-bond donors (Lipinski definition) is 1. The van der Waals surface area contributed by atoms with E-state index < -0.39 is 0 Å². The minimum Gasteiger partial charge on any atom is -0.385 e. The summed E-state index contributed by atoms with van der Waals surface area (Å²) in [5, 5.41) is 3.44. The first-order valence-electron chi connectivity index (χ1n) is 9.17. The zero-order valence-electron chi connectivity index (χ0n) is 15.2. The average molecular weight is 332 g/mol. The van der Waals surface area contributed by atoms with E-state index in [0.29, 0.717) is 0 Å². The van der Waals surface area contributed by atoms with Crippen molar-refractivity contribution in [2.24, 2.45) is 4.99 Å². The number of nitrogens with zero attached hydrogens (tertiary/aromatic N) is 3. The number of nitrogens with one attached hydrogen (secondary N) is 1. The number of guanidine groups is 1. The van der Waals surface area contributed by atoms with Crippen LogP contribution in [0.2, 0.25) is 0 Å². The molecule has 0 saturated carbocycles. The molecule has 1 aromatic rings. The van der Waals surface area contributed by atoms with E-state index in [1.165, 1.54) is 12.1 Å². The summed E-state index contributed by atoms with van der Waals surface area (Å²) < 4.78 is 5.09. The van der Waals surface area contributed by atoms with Crippen LogP contribution in [0.15, 0.2) is 35.3 Å². The summed E-state index contributed by atoms with van der Waals surface area (Å²) in [5.41, 5.74) is 1.32. The molecule has 1 N–H and O–H groups in total. The summed E-state index contributed by atoms with van der Waals surface area (Å²) in [6.45, 7) is 8.92.